The van der Waals surface area contributed by atoms with Crippen LogP contribution in [0.4, 0.5) is 0 Å². The fourth-order valence-corrected chi connectivity index (χ4v) is 6.10. The van der Waals surface area contributed by atoms with Crippen LogP contribution in [0.5, 0.6) is 5.75 Å². The summed E-state index contributed by atoms with van der Waals surface area (Å²) in [5.41, 5.74) is 2.16. The zero-order valence-electron chi connectivity index (χ0n) is 16.6. The number of piperidine rings is 1. The number of likely N-dealkylation sites (tertiary alicyclic amines) is 1. The summed E-state index contributed by atoms with van der Waals surface area (Å²) < 4.78 is 12.0. The van der Waals surface area contributed by atoms with Crippen molar-refractivity contribution in [3.63, 3.8) is 0 Å². The Hall–Kier alpha value is -2.12. The molecule has 2 saturated heterocycles. The van der Waals surface area contributed by atoms with Crippen molar-refractivity contribution in [2.75, 3.05) is 31.3 Å². The van der Waals surface area contributed by atoms with Crippen LogP contribution in [-0.4, -0.2) is 57.8 Å². The first-order valence-electron chi connectivity index (χ1n) is 10.2. The summed E-state index contributed by atoms with van der Waals surface area (Å²) in [7, 11) is 0. The molecule has 0 atom stereocenters. The fourth-order valence-electron chi connectivity index (χ4n) is 4.59. The minimum atomic E-state index is -0.274. The van der Waals surface area contributed by atoms with Gasteiger partial charge in [0.1, 0.15) is 23.2 Å². The lowest BCUT2D eigenvalue weighted by atomic mass is 10.0. The number of carbonyl (C=O) groups is 2. The van der Waals surface area contributed by atoms with Crippen LogP contribution in [0.15, 0.2) is 34.7 Å². The Kier molecular flexibility index (Phi) is 5.19. The first-order chi connectivity index (χ1) is 14.6. The van der Waals surface area contributed by atoms with Crippen LogP contribution in [0.3, 0.4) is 0 Å². The first kappa shape index (κ1) is 19.8. The Bertz CT molecular complexity index is 983. The smallest absolute Gasteiger partial charge is 0.237 e. The Morgan fingerprint density at radius 1 is 1.20 bits per heavy atom. The molecule has 1 aromatic heterocycles. The molecule has 4 heterocycles. The highest BCUT2D eigenvalue weighted by Gasteiger charge is 2.48. The first-order valence-corrected chi connectivity index (χ1v) is 11.7. The normalized spacial score (nSPS) is 20.0. The number of benzene rings is 1. The second-order valence-electron chi connectivity index (χ2n) is 7.89. The highest BCUT2D eigenvalue weighted by Crippen LogP contribution is 2.45. The van der Waals surface area contributed by atoms with E-state index in [1.54, 1.807) is 16.7 Å². The maximum Gasteiger partial charge on any atom is 0.237 e. The van der Waals surface area contributed by atoms with E-state index in [1.807, 2.05) is 29.2 Å². The van der Waals surface area contributed by atoms with Crippen molar-refractivity contribution < 1.29 is 18.7 Å². The third kappa shape index (κ3) is 3.38. The maximum absolute atomic E-state index is 12.7. The molecule has 0 N–H and O–H groups in total. The maximum atomic E-state index is 12.7. The minimum Gasteiger partial charge on any atom is -0.492 e. The lowest BCUT2D eigenvalue weighted by Crippen LogP contribution is -2.52. The largest absolute Gasteiger partial charge is 0.492 e. The number of amides is 2. The van der Waals surface area contributed by atoms with E-state index in [-0.39, 0.29) is 22.6 Å². The topological polar surface area (TPSA) is 63.0 Å². The van der Waals surface area contributed by atoms with E-state index >= 15 is 0 Å². The predicted molar refractivity (Wildman–Crippen MR) is 116 cm³/mol. The third-order valence-electron chi connectivity index (χ3n) is 6.22. The molecule has 6 nitrogen and oxygen atoms in total. The predicted octanol–water partition coefficient (Wildman–Crippen LogP) is 3.51. The molecule has 5 rings (SSSR count). The average molecular weight is 447 g/mol. The molecule has 30 heavy (non-hydrogen) atoms. The van der Waals surface area contributed by atoms with E-state index in [4.69, 9.17) is 20.8 Å². The molecule has 8 heteroatoms. The van der Waals surface area contributed by atoms with Crippen molar-refractivity contribution in [3.05, 3.63) is 41.7 Å². The van der Waals surface area contributed by atoms with Gasteiger partial charge < -0.3 is 19.0 Å². The SMILES string of the molecule is O=C(CCl)N1CCC2(CC1)SCC(=O)N2Cc1ccc(-c2cccc3c2OCC3)o1. The number of carbonyl (C=O) groups excluding carboxylic acids is 2. The van der Waals surface area contributed by atoms with Crippen LogP contribution in [0.25, 0.3) is 11.3 Å². The standard InChI is InChI=1S/C22H23ClN2O4S/c23-12-19(26)24-9-7-22(8-10-24)25(20(27)14-30-22)13-16-4-5-18(29-16)17-3-1-2-15-6-11-28-21(15)17/h1-5H,6-14H2. The molecule has 0 radical (unpaired) electrons. The molecule has 0 saturated carbocycles. The molecule has 0 aliphatic carbocycles. The molecular formula is C22H23ClN2O4S. The van der Waals surface area contributed by atoms with E-state index in [2.05, 4.69) is 6.07 Å². The molecule has 1 spiro atoms. The van der Waals surface area contributed by atoms with Crippen LogP contribution in [0.1, 0.15) is 24.2 Å². The summed E-state index contributed by atoms with van der Waals surface area (Å²) >= 11 is 7.39. The van der Waals surface area contributed by atoms with Crippen molar-refractivity contribution in [1.82, 2.24) is 9.80 Å². The van der Waals surface area contributed by atoms with E-state index in [0.29, 0.717) is 32.0 Å². The number of alkyl halides is 1. The lowest BCUT2D eigenvalue weighted by molar-refractivity contribution is -0.134. The second kappa shape index (κ2) is 7.85. The summed E-state index contributed by atoms with van der Waals surface area (Å²) in [5.74, 6) is 2.98. The second-order valence-corrected chi connectivity index (χ2v) is 9.49. The Labute approximate surface area is 184 Å². The van der Waals surface area contributed by atoms with Crippen LogP contribution in [0.2, 0.25) is 0 Å². The molecule has 2 fully saturated rings. The molecular weight excluding hydrogens is 424 g/mol. The third-order valence-corrected chi connectivity index (χ3v) is 8.01. The van der Waals surface area contributed by atoms with Crippen LogP contribution < -0.4 is 4.74 Å². The van der Waals surface area contributed by atoms with Gasteiger partial charge in [0.15, 0.2) is 0 Å². The molecule has 1 aromatic carbocycles. The van der Waals surface area contributed by atoms with Gasteiger partial charge in [-0.05, 0) is 36.6 Å². The molecule has 0 unspecified atom stereocenters. The van der Waals surface area contributed by atoms with E-state index in [0.717, 1.165) is 42.1 Å². The Morgan fingerprint density at radius 3 is 2.83 bits per heavy atom. The van der Waals surface area contributed by atoms with Crippen molar-refractivity contribution in [3.8, 4) is 17.1 Å². The Morgan fingerprint density at radius 2 is 2.03 bits per heavy atom. The van der Waals surface area contributed by atoms with Crippen molar-refractivity contribution >= 4 is 35.2 Å². The summed E-state index contributed by atoms with van der Waals surface area (Å²) in [6.45, 7) is 2.38. The summed E-state index contributed by atoms with van der Waals surface area (Å²) in [6, 6.07) is 10.0. The van der Waals surface area contributed by atoms with E-state index in [9.17, 15) is 9.59 Å². The minimum absolute atomic E-state index is 0.00482. The fraction of sp³-hybridized carbons (Fsp3) is 0.455. The highest BCUT2D eigenvalue weighted by molar-refractivity contribution is 8.01. The van der Waals surface area contributed by atoms with Crippen LogP contribution >= 0.6 is 23.4 Å². The number of nitrogens with zero attached hydrogens (tertiary/aromatic N) is 2. The molecule has 158 valence electrons. The van der Waals surface area contributed by atoms with E-state index in [1.165, 1.54) is 5.56 Å². The quantitative estimate of drug-likeness (QED) is 0.672. The van der Waals surface area contributed by atoms with Gasteiger partial charge >= 0.3 is 0 Å². The van der Waals surface area contributed by atoms with Gasteiger partial charge in [-0.15, -0.1) is 23.4 Å². The number of ether oxygens (including phenoxy) is 1. The zero-order chi connectivity index (χ0) is 20.7. The van der Waals surface area contributed by atoms with Gasteiger partial charge in [0.05, 0.1) is 29.3 Å². The van der Waals surface area contributed by atoms with Gasteiger partial charge in [0, 0.05) is 19.5 Å². The molecule has 2 aromatic rings. The number of furan rings is 1. The molecule has 3 aliphatic rings. The van der Waals surface area contributed by atoms with Crippen LogP contribution in [-0.2, 0) is 22.6 Å². The van der Waals surface area contributed by atoms with Crippen molar-refractivity contribution in [2.24, 2.45) is 0 Å². The molecule has 0 bridgehead atoms. The van der Waals surface area contributed by atoms with Gasteiger partial charge in [-0.25, -0.2) is 0 Å². The number of hydrogen-bond donors (Lipinski definition) is 0. The van der Waals surface area contributed by atoms with E-state index < -0.39 is 0 Å². The van der Waals surface area contributed by atoms with Crippen molar-refractivity contribution in [1.29, 1.82) is 0 Å². The average Bonchev–Trinajstić information content (AvgIpc) is 3.50. The molecule has 2 amide bonds. The Balaban J connectivity index is 1.34. The number of para-hydroxylation sites is 1. The van der Waals surface area contributed by atoms with Crippen LogP contribution in [0, 0.1) is 0 Å². The van der Waals surface area contributed by atoms with Gasteiger partial charge in [0.25, 0.3) is 0 Å². The van der Waals surface area contributed by atoms with Crippen molar-refractivity contribution in [2.45, 2.75) is 30.7 Å². The monoisotopic (exact) mass is 446 g/mol. The number of hydrogen-bond acceptors (Lipinski definition) is 5. The number of thioether (sulfide) groups is 1. The van der Waals surface area contributed by atoms with Gasteiger partial charge in [-0.1, -0.05) is 12.1 Å². The molecule has 3 aliphatic heterocycles. The lowest BCUT2D eigenvalue weighted by Gasteiger charge is -2.43. The summed E-state index contributed by atoms with van der Waals surface area (Å²) in [6.07, 6.45) is 2.42. The number of rotatable bonds is 4. The summed E-state index contributed by atoms with van der Waals surface area (Å²) in [4.78, 5) is 28.1. The highest BCUT2D eigenvalue weighted by atomic mass is 35.5. The van der Waals surface area contributed by atoms with Gasteiger partial charge in [0.2, 0.25) is 11.8 Å². The zero-order valence-corrected chi connectivity index (χ0v) is 18.1. The van der Waals surface area contributed by atoms with Gasteiger partial charge in [-0.3, -0.25) is 9.59 Å². The van der Waals surface area contributed by atoms with Gasteiger partial charge in [-0.2, -0.15) is 0 Å². The number of fused-ring (bicyclic) bond motifs is 1. The number of halogens is 1. The summed E-state index contributed by atoms with van der Waals surface area (Å²) in [5, 5.41) is 0.